The molecule has 0 aromatic heterocycles. The highest BCUT2D eigenvalue weighted by Crippen LogP contribution is 2.28. The minimum absolute atomic E-state index is 0.173. The minimum Gasteiger partial charge on any atom is -0.481 e. The van der Waals surface area contributed by atoms with E-state index >= 15 is 0 Å². The first-order valence-corrected chi connectivity index (χ1v) is 6.92. The summed E-state index contributed by atoms with van der Waals surface area (Å²) >= 11 is 0. The molecule has 2 rings (SSSR count). The molecule has 0 atom stereocenters. The van der Waals surface area contributed by atoms with Crippen molar-refractivity contribution in [3.05, 3.63) is 0 Å². The van der Waals surface area contributed by atoms with Crippen LogP contribution in [0.25, 0.3) is 0 Å². The van der Waals surface area contributed by atoms with Gasteiger partial charge in [-0.2, -0.15) is 5.10 Å². The van der Waals surface area contributed by atoms with E-state index < -0.39 is 5.97 Å². The number of hydrazone groups is 1. The van der Waals surface area contributed by atoms with E-state index in [2.05, 4.69) is 15.8 Å². The highest BCUT2D eigenvalue weighted by atomic mass is 16.4. The molecular weight excluding hydrogens is 262 g/mol. The average Bonchev–Trinajstić information content (AvgIpc) is 2.46. The minimum atomic E-state index is -0.722. The maximum atomic E-state index is 11.8. The molecule has 0 unspecified atom stereocenters. The molecule has 3 N–H and O–H groups in total. The quantitative estimate of drug-likeness (QED) is 0.686. The lowest BCUT2D eigenvalue weighted by Gasteiger charge is -2.26. The number of carboxylic acids is 1. The normalized spacial score (nSPS) is 26.4. The zero-order valence-electron chi connectivity index (χ0n) is 11.2. The molecule has 1 aliphatic heterocycles. The van der Waals surface area contributed by atoms with Gasteiger partial charge in [-0.3, -0.25) is 14.4 Å². The number of nitrogens with zero attached hydrogens (tertiary/aromatic N) is 1. The van der Waals surface area contributed by atoms with Crippen molar-refractivity contribution in [1.82, 2.24) is 10.7 Å². The number of nitrogens with one attached hydrogen (secondary N) is 2. The molecule has 7 nitrogen and oxygen atoms in total. The Hall–Kier alpha value is -1.92. The van der Waals surface area contributed by atoms with Crippen LogP contribution in [0.3, 0.4) is 0 Å². The van der Waals surface area contributed by atoms with E-state index in [4.69, 9.17) is 5.11 Å². The molecule has 1 heterocycles. The number of carbonyl (C=O) groups excluding carboxylic acids is 2. The van der Waals surface area contributed by atoms with Crippen molar-refractivity contribution in [3.63, 3.8) is 0 Å². The van der Waals surface area contributed by atoms with Crippen LogP contribution in [0.15, 0.2) is 5.10 Å². The van der Waals surface area contributed by atoms with Crippen molar-refractivity contribution < 1.29 is 19.5 Å². The van der Waals surface area contributed by atoms with E-state index in [1.807, 2.05) is 0 Å². The van der Waals surface area contributed by atoms with Gasteiger partial charge < -0.3 is 10.4 Å². The monoisotopic (exact) mass is 281 g/mol. The van der Waals surface area contributed by atoms with Crippen molar-refractivity contribution >= 4 is 23.5 Å². The van der Waals surface area contributed by atoms with Crippen molar-refractivity contribution in [3.8, 4) is 0 Å². The maximum absolute atomic E-state index is 11.8. The van der Waals surface area contributed by atoms with Crippen molar-refractivity contribution in [2.24, 2.45) is 16.9 Å². The summed E-state index contributed by atoms with van der Waals surface area (Å²) in [5.41, 5.74) is 2.64. The van der Waals surface area contributed by atoms with E-state index in [0.29, 0.717) is 37.4 Å². The molecule has 0 aromatic rings. The molecule has 1 saturated carbocycles. The number of carboxylic acid groups (broad SMARTS) is 1. The lowest BCUT2D eigenvalue weighted by Crippen LogP contribution is -2.39. The Morgan fingerprint density at radius 1 is 1.25 bits per heavy atom. The third kappa shape index (κ3) is 3.79. The molecule has 0 spiro atoms. The number of carbonyl (C=O) groups is 3. The molecule has 1 fully saturated rings. The lowest BCUT2D eigenvalue weighted by molar-refractivity contribution is -0.143. The largest absolute Gasteiger partial charge is 0.481 e. The fourth-order valence-electron chi connectivity index (χ4n) is 2.59. The van der Waals surface area contributed by atoms with E-state index in [0.717, 1.165) is 12.8 Å². The highest BCUT2D eigenvalue weighted by Gasteiger charge is 2.26. The van der Waals surface area contributed by atoms with Crippen molar-refractivity contribution in [2.75, 3.05) is 6.54 Å². The second-order valence-corrected chi connectivity index (χ2v) is 5.36. The Labute approximate surface area is 116 Å². The first-order chi connectivity index (χ1) is 9.56. The predicted molar refractivity (Wildman–Crippen MR) is 70.9 cm³/mol. The number of rotatable bonds is 4. The first-order valence-electron chi connectivity index (χ1n) is 6.92. The predicted octanol–water partition coefficient (Wildman–Crippen LogP) is 0.260. The second kappa shape index (κ2) is 6.49. The lowest BCUT2D eigenvalue weighted by atomic mass is 9.82. The Morgan fingerprint density at radius 3 is 2.50 bits per heavy atom. The molecule has 0 saturated heterocycles. The third-order valence-electron chi connectivity index (χ3n) is 3.91. The summed E-state index contributed by atoms with van der Waals surface area (Å²) in [6.45, 7) is 0.540. The van der Waals surface area contributed by atoms with Crippen LogP contribution in [-0.2, 0) is 14.4 Å². The summed E-state index contributed by atoms with van der Waals surface area (Å²) in [5.74, 6) is -1.05. The van der Waals surface area contributed by atoms with Gasteiger partial charge in [-0.25, -0.2) is 5.43 Å². The van der Waals surface area contributed by atoms with Gasteiger partial charge in [0.05, 0.1) is 5.92 Å². The summed E-state index contributed by atoms with van der Waals surface area (Å²) in [6.07, 6.45) is 3.64. The molecule has 0 radical (unpaired) electrons. The van der Waals surface area contributed by atoms with Gasteiger partial charge in [0, 0.05) is 19.4 Å². The highest BCUT2D eigenvalue weighted by molar-refractivity contribution is 6.39. The Kier molecular flexibility index (Phi) is 4.70. The van der Waals surface area contributed by atoms with Gasteiger partial charge in [0.15, 0.2) is 0 Å². The zero-order chi connectivity index (χ0) is 14.5. The van der Waals surface area contributed by atoms with Crippen LogP contribution in [0.1, 0.15) is 38.5 Å². The maximum Gasteiger partial charge on any atom is 0.306 e. The third-order valence-corrected chi connectivity index (χ3v) is 3.91. The van der Waals surface area contributed by atoms with Crippen LogP contribution in [0.5, 0.6) is 0 Å². The molecule has 1 aliphatic carbocycles. The number of hydrogen-bond donors (Lipinski definition) is 3. The summed E-state index contributed by atoms with van der Waals surface area (Å²) in [4.78, 5) is 33.6. The number of amides is 2. The second-order valence-electron chi connectivity index (χ2n) is 5.36. The fraction of sp³-hybridized carbons (Fsp3) is 0.692. The van der Waals surface area contributed by atoms with E-state index in [9.17, 15) is 14.4 Å². The Morgan fingerprint density at radius 2 is 1.95 bits per heavy atom. The molecule has 2 aliphatic rings. The Bertz CT molecular complexity index is 439. The smallest absolute Gasteiger partial charge is 0.306 e. The van der Waals surface area contributed by atoms with Crippen LogP contribution in [0.2, 0.25) is 0 Å². The van der Waals surface area contributed by atoms with Crippen LogP contribution >= 0.6 is 0 Å². The summed E-state index contributed by atoms with van der Waals surface area (Å²) in [7, 11) is 0. The van der Waals surface area contributed by atoms with Gasteiger partial charge >= 0.3 is 5.97 Å². The van der Waals surface area contributed by atoms with Crippen molar-refractivity contribution in [1.29, 1.82) is 0 Å². The van der Waals surface area contributed by atoms with Crippen molar-refractivity contribution in [2.45, 2.75) is 38.5 Å². The van der Waals surface area contributed by atoms with Crippen LogP contribution < -0.4 is 10.7 Å². The molecule has 0 bridgehead atoms. The van der Waals surface area contributed by atoms with Gasteiger partial charge in [0.1, 0.15) is 5.71 Å². The first kappa shape index (κ1) is 14.5. The molecule has 0 aromatic carbocycles. The van der Waals surface area contributed by atoms with Crippen LogP contribution in [0, 0.1) is 11.8 Å². The zero-order valence-corrected chi connectivity index (χ0v) is 11.2. The SMILES string of the molecule is O=C1CCC(C(=O)NCC2CCC(C(=O)O)CC2)=NN1. The van der Waals surface area contributed by atoms with E-state index in [1.165, 1.54) is 0 Å². The standard InChI is InChI=1S/C13H19N3O4/c17-11-6-5-10(15-16-11)12(18)14-7-8-1-3-9(4-2-8)13(19)20/h8-9H,1-7H2,(H,14,18)(H,16,17)(H,19,20). The van der Waals surface area contributed by atoms with E-state index in [-0.39, 0.29) is 24.2 Å². The van der Waals surface area contributed by atoms with Crippen LogP contribution in [0.4, 0.5) is 0 Å². The summed E-state index contributed by atoms with van der Waals surface area (Å²) < 4.78 is 0. The van der Waals surface area contributed by atoms with Gasteiger partial charge in [0.2, 0.25) is 5.91 Å². The van der Waals surface area contributed by atoms with E-state index in [1.54, 1.807) is 0 Å². The van der Waals surface area contributed by atoms with Gasteiger partial charge in [-0.1, -0.05) is 0 Å². The Balaban J connectivity index is 1.72. The number of aliphatic carboxylic acids is 1. The van der Waals surface area contributed by atoms with Gasteiger partial charge in [-0.15, -0.1) is 0 Å². The summed E-state index contributed by atoms with van der Waals surface area (Å²) in [6, 6.07) is 0. The fourth-order valence-corrected chi connectivity index (χ4v) is 2.59. The molecule has 20 heavy (non-hydrogen) atoms. The molecular formula is C13H19N3O4. The van der Waals surface area contributed by atoms with Crippen LogP contribution in [-0.4, -0.2) is 35.1 Å². The average molecular weight is 281 g/mol. The summed E-state index contributed by atoms with van der Waals surface area (Å²) in [5, 5.41) is 15.5. The molecule has 110 valence electrons. The molecule has 2 amide bonds. The van der Waals surface area contributed by atoms with Gasteiger partial charge in [0.25, 0.3) is 5.91 Å². The van der Waals surface area contributed by atoms with Gasteiger partial charge in [-0.05, 0) is 31.6 Å². The molecule has 7 heteroatoms. The number of hydrogen-bond acceptors (Lipinski definition) is 4. The topological polar surface area (TPSA) is 108 Å².